The molecule has 0 atom stereocenters. The van der Waals surface area contributed by atoms with E-state index >= 15 is 0 Å². The maximum atomic E-state index is 12.7. The summed E-state index contributed by atoms with van der Waals surface area (Å²) in [5, 5.41) is 14.7. The first-order valence-electron chi connectivity index (χ1n) is 10.1. The van der Waals surface area contributed by atoms with Crippen molar-refractivity contribution in [1.82, 2.24) is 4.90 Å². The Hall–Kier alpha value is -2.61. The number of phenols is 1. The van der Waals surface area contributed by atoms with E-state index in [9.17, 15) is 14.7 Å². The van der Waals surface area contributed by atoms with Gasteiger partial charge in [0.2, 0.25) is 0 Å². The van der Waals surface area contributed by atoms with Gasteiger partial charge in [-0.25, -0.2) is 4.79 Å². The van der Waals surface area contributed by atoms with Crippen molar-refractivity contribution < 1.29 is 19.4 Å². The predicted octanol–water partition coefficient (Wildman–Crippen LogP) is 5.05. The van der Waals surface area contributed by atoms with E-state index in [1.165, 1.54) is 24.2 Å². The van der Waals surface area contributed by atoms with Crippen LogP contribution >= 0.6 is 23.7 Å². The molecule has 1 aliphatic heterocycles. The smallest absolute Gasteiger partial charge is 0.341 e. The number of carbonyl (C=O) groups excluding carboxylic acids is 2. The van der Waals surface area contributed by atoms with Crippen LogP contribution in [0.2, 0.25) is 0 Å². The highest BCUT2D eigenvalue weighted by atomic mass is 35.5. The van der Waals surface area contributed by atoms with Gasteiger partial charge in [-0.05, 0) is 45.0 Å². The third-order valence-electron chi connectivity index (χ3n) is 5.25. The zero-order valence-corrected chi connectivity index (χ0v) is 18.9. The number of amides is 1. The Labute approximate surface area is 191 Å². The van der Waals surface area contributed by atoms with E-state index in [0.29, 0.717) is 27.2 Å². The summed E-state index contributed by atoms with van der Waals surface area (Å²) in [6.07, 6.45) is 2.34. The van der Waals surface area contributed by atoms with Crippen LogP contribution < -0.4 is 5.32 Å². The van der Waals surface area contributed by atoms with Crippen molar-refractivity contribution in [2.45, 2.75) is 26.3 Å². The quantitative estimate of drug-likeness (QED) is 0.503. The molecule has 2 N–H and O–H groups in total. The molecule has 3 aromatic rings. The van der Waals surface area contributed by atoms with E-state index in [1.807, 2.05) is 18.2 Å². The minimum Gasteiger partial charge on any atom is -0.506 e. The highest BCUT2D eigenvalue weighted by Crippen LogP contribution is 2.43. The molecule has 2 heterocycles. The van der Waals surface area contributed by atoms with Gasteiger partial charge in [0, 0.05) is 23.1 Å². The number of rotatable bonds is 6. The molecule has 1 amide bonds. The van der Waals surface area contributed by atoms with Crippen LogP contribution in [-0.2, 0) is 11.3 Å². The zero-order chi connectivity index (χ0) is 21.1. The second kappa shape index (κ2) is 10.1. The van der Waals surface area contributed by atoms with Crippen molar-refractivity contribution in [3.63, 3.8) is 0 Å². The van der Waals surface area contributed by atoms with Gasteiger partial charge >= 0.3 is 5.97 Å². The van der Waals surface area contributed by atoms with Gasteiger partial charge in [0.15, 0.2) is 0 Å². The third kappa shape index (κ3) is 4.84. The molecule has 6 nitrogen and oxygen atoms in total. The average Bonchev–Trinajstić information content (AvgIpc) is 3.39. The number of fused-ring (bicyclic) bond motifs is 1. The van der Waals surface area contributed by atoms with Gasteiger partial charge in [-0.3, -0.25) is 9.69 Å². The van der Waals surface area contributed by atoms with E-state index in [-0.39, 0.29) is 36.2 Å². The molecule has 1 saturated heterocycles. The fourth-order valence-electron chi connectivity index (χ4n) is 3.76. The lowest BCUT2D eigenvalue weighted by atomic mass is 10.1. The van der Waals surface area contributed by atoms with Crippen molar-refractivity contribution >= 4 is 50.7 Å². The number of nitrogens with one attached hydrogen (secondary N) is 1. The van der Waals surface area contributed by atoms with Crippen LogP contribution in [0.25, 0.3) is 10.1 Å². The van der Waals surface area contributed by atoms with Crippen LogP contribution in [0, 0.1) is 0 Å². The normalized spacial score (nSPS) is 13.7. The Bertz CT molecular complexity index is 1080. The van der Waals surface area contributed by atoms with Gasteiger partial charge in [0.05, 0.1) is 11.3 Å². The van der Waals surface area contributed by atoms with Gasteiger partial charge in [0.25, 0.3) is 5.91 Å². The molecule has 0 bridgehead atoms. The SMILES string of the molecule is CCOC(=O)c1c(NC(=O)c2ccccc2)sc2c(O)c(CN3CCCC3)ccc12.Cl. The average molecular weight is 461 g/mol. The van der Waals surface area contributed by atoms with E-state index < -0.39 is 5.97 Å². The standard InChI is InChI=1S/C23H24N2O4S.ClH/c1-2-29-23(28)18-17-11-10-16(14-25-12-6-7-13-25)19(26)20(17)30-22(18)24-21(27)15-8-4-3-5-9-15;/h3-5,8-11,26H,2,6-7,12-14H2,1H3,(H,24,27);1H. The molecule has 8 heteroatoms. The third-order valence-corrected chi connectivity index (χ3v) is 6.38. The molecule has 0 unspecified atom stereocenters. The molecule has 1 aliphatic rings. The maximum absolute atomic E-state index is 12.7. The minimum absolute atomic E-state index is 0. The number of hydrogen-bond donors (Lipinski definition) is 2. The van der Waals surface area contributed by atoms with Crippen LogP contribution in [0.15, 0.2) is 42.5 Å². The molecule has 31 heavy (non-hydrogen) atoms. The highest BCUT2D eigenvalue weighted by molar-refractivity contribution is 7.24. The summed E-state index contributed by atoms with van der Waals surface area (Å²) >= 11 is 1.20. The molecule has 0 radical (unpaired) electrons. The number of carbonyl (C=O) groups is 2. The highest BCUT2D eigenvalue weighted by Gasteiger charge is 2.25. The lowest BCUT2D eigenvalue weighted by Gasteiger charge is -2.15. The Morgan fingerprint density at radius 3 is 2.52 bits per heavy atom. The largest absolute Gasteiger partial charge is 0.506 e. The number of nitrogens with zero attached hydrogens (tertiary/aromatic N) is 1. The first kappa shape index (κ1) is 23.1. The van der Waals surface area contributed by atoms with Crippen LogP contribution in [0.1, 0.15) is 46.0 Å². The zero-order valence-electron chi connectivity index (χ0n) is 17.2. The van der Waals surface area contributed by atoms with Gasteiger partial charge < -0.3 is 15.2 Å². The summed E-state index contributed by atoms with van der Waals surface area (Å²) < 4.78 is 5.81. The van der Waals surface area contributed by atoms with Gasteiger partial charge in [-0.15, -0.1) is 23.7 Å². The number of aromatic hydroxyl groups is 1. The first-order valence-corrected chi connectivity index (χ1v) is 10.9. The summed E-state index contributed by atoms with van der Waals surface area (Å²) in [4.78, 5) is 27.7. The van der Waals surface area contributed by atoms with Crippen molar-refractivity contribution in [1.29, 1.82) is 0 Å². The maximum Gasteiger partial charge on any atom is 0.341 e. The van der Waals surface area contributed by atoms with E-state index in [2.05, 4.69) is 10.2 Å². The lowest BCUT2D eigenvalue weighted by Crippen LogP contribution is -2.18. The van der Waals surface area contributed by atoms with Gasteiger partial charge in [-0.2, -0.15) is 0 Å². The number of esters is 1. The topological polar surface area (TPSA) is 78.9 Å². The van der Waals surface area contributed by atoms with Gasteiger partial charge in [0.1, 0.15) is 16.3 Å². The Morgan fingerprint density at radius 1 is 1.13 bits per heavy atom. The first-order chi connectivity index (χ1) is 14.6. The number of anilines is 1. The molecule has 2 aromatic carbocycles. The van der Waals surface area contributed by atoms with E-state index in [4.69, 9.17) is 4.74 Å². The summed E-state index contributed by atoms with van der Waals surface area (Å²) in [6, 6.07) is 12.5. The monoisotopic (exact) mass is 460 g/mol. The van der Waals surface area contributed by atoms with E-state index in [0.717, 1.165) is 18.7 Å². The second-order valence-electron chi connectivity index (χ2n) is 7.28. The summed E-state index contributed by atoms with van der Waals surface area (Å²) in [5.74, 6) is -0.668. The molecule has 0 saturated carbocycles. The molecule has 0 aliphatic carbocycles. The van der Waals surface area contributed by atoms with Crippen LogP contribution in [0.3, 0.4) is 0 Å². The molecular weight excluding hydrogens is 436 g/mol. The lowest BCUT2D eigenvalue weighted by molar-refractivity contribution is 0.0530. The number of hydrogen-bond acceptors (Lipinski definition) is 6. The molecule has 1 fully saturated rings. The second-order valence-corrected chi connectivity index (χ2v) is 8.30. The van der Waals surface area contributed by atoms with Crippen LogP contribution in [0.4, 0.5) is 5.00 Å². The predicted molar refractivity (Wildman–Crippen MR) is 126 cm³/mol. The summed E-state index contributed by atoms with van der Waals surface area (Å²) in [6.45, 7) is 4.67. The number of likely N-dealkylation sites (tertiary alicyclic amines) is 1. The molecule has 164 valence electrons. The number of thiophene rings is 1. The van der Waals surface area contributed by atoms with Crippen molar-refractivity contribution in [2.75, 3.05) is 25.0 Å². The van der Waals surface area contributed by atoms with E-state index in [1.54, 1.807) is 31.2 Å². The summed E-state index contributed by atoms with van der Waals surface area (Å²) in [5.41, 5.74) is 1.59. The van der Waals surface area contributed by atoms with Crippen LogP contribution in [-0.4, -0.2) is 41.6 Å². The van der Waals surface area contributed by atoms with Crippen LogP contribution in [0.5, 0.6) is 5.75 Å². The molecule has 0 spiro atoms. The number of ether oxygens (including phenoxy) is 1. The summed E-state index contributed by atoms with van der Waals surface area (Å²) in [7, 11) is 0. The molecule has 4 rings (SSSR count). The number of phenolic OH excluding ortho intramolecular Hbond substituents is 1. The minimum atomic E-state index is -0.515. The Morgan fingerprint density at radius 2 is 1.84 bits per heavy atom. The fraction of sp³-hybridized carbons (Fsp3) is 0.304. The fourth-order valence-corrected chi connectivity index (χ4v) is 4.91. The van der Waals surface area contributed by atoms with Crippen molar-refractivity contribution in [3.8, 4) is 5.75 Å². The van der Waals surface area contributed by atoms with Crippen molar-refractivity contribution in [2.24, 2.45) is 0 Å². The van der Waals surface area contributed by atoms with Gasteiger partial charge in [-0.1, -0.05) is 30.3 Å². The Kier molecular flexibility index (Phi) is 7.54. The molecule has 1 aromatic heterocycles. The number of benzene rings is 2. The number of halogens is 1. The molecular formula is C23H25ClN2O4S. The Balaban J connectivity index is 0.00000272. The van der Waals surface area contributed by atoms with Crippen molar-refractivity contribution in [3.05, 3.63) is 59.2 Å².